The predicted octanol–water partition coefficient (Wildman–Crippen LogP) is 2.90. The van der Waals surface area contributed by atoms with Gasteiger partial charge < -0.3 is 15.1 Å². The van der Waals surface area contributed by atoms with Crippen molar-refractivity contribution in [2.24, 2.45) is 11.7 Å². The Hall–Kier alpha value is -1.63. The Balaban J connectivity index is 1.55. The van der Waals surface area contributed by atoms with Crippen LogP contribution in [0.25, 0.3) is 0 Å². The molecule has 0 saturated carbocycles. The van der Waals surface area contributed by atoms with Gasteiger partial charge in [0.05, 0.1) is 6.54 Å². The normalized spacial score (nSPS) is 23.8. The van der Waals surface area contributed by atoms with Crippen molar-refractivity contribution < 1.29 is 9.21 Å². The molecule has 1 unspecified atom stereocenters. The topological polar surface area (TPSA) is 88.5 Å². The van der Waals surface area contributed by atoms with Gasteiger partial charge in [-0.1, -0.05) is 33.6 Å². The number of hydrogen-bond donors (Lipinski definition) is 1. The van der Waals surface area contributed by atoms with Gasteiger partial charge in [0.15, 0.2) is 0 Å². The monoisotopic (exact) mass is 363 g/mol. The highest BCUT2D eigenvalue weighted by Gasteiger charge is 2.33. The number of amides is 2. The second-order valence-corrected chi connectivity index (χ2v) is 8.81. The SMILES string of the molecule is CC(C)(C)c1nnc(CN2CCC(C3CCCCCN3C(N)=O)CC2)o1. The molecule has 0 bridgehead atoms. The highest BCUT2D eigenvalue weighted by molar-refractivity contribution is 5.72. The largest absolute Gasteiger partial charge is 0.423 e. The standard InChI is InChI=1S/C19H33N5O2/c1-19(2,3)17-22-21-16(26-17)13-23-11-8-14(9-12-23)15-7-5-4-6-10-24(15)18(20)25/h14-15H,4-13H2,1-3H3,(H2,20,25). The molecule has 2 saturated heterocycles. The summed E-state index contributed by atoms with van der Waals surface area (Å²) < 4.78 is 5.83. The number of hydrogen-bond acceptors (Lipinski definition) is 5. The van der Waals surface area contributed by atoms with E-state index in [4.69, 9.17) is 10.2 Å². The van der Waals surface area contributed by atoms with E-state index in [0.29, 0.717) is 30.3 Å². The van der Waals surface area contributed by atoms with Crippen LogP contribution in [0.4, 0.5) is 4.79 Å². The van der Waals surface area contributed by atoms with E-state index in [1.54, 1.807) is 0 Å². The lowest BCUT2D eigenvalue weighted by atomic mass is 9.86. The lowest BCUT2D eigenvalue weighted by Crippen LogP contribution is -2.49. The molecule has 0 aromatic carbocycles. The predicted molar refractivity (Wildman–Crippen MR) is 99.5 cm³/mol. The van der Waals surface area contributed by atoms with Crippen LogP contribution >= 0.6 is 0 Å². The van der Waals surface area contributed by atoms with Gasteiger partial charge in [0.25, 0.3) is 0 Å². The van der Waals surface area contributed by atoms with Gasteiger partial charge in [-0.3, -0.25) is 4.90 Å². The first-order chi connectivity index (χ1) is 12.3. The first-order valence-corrected chi connectivity index (χ1v) is 9.96. The summed E-state index contributed by atoms with van der Waals surface area (Å²) in [5.74, 6) is 1.93. The quantitative estimate of drug-likeness (QED) is 0.892. The van der Waals surface area contributed by atoms with Crippen LogP contribution < -0.4 is 5.73 Å². The third-order valence-corrected chi connectivity index (χ3v) is 5.73. The molecule has 7 nitrogen and oxygen atoms in total. The Labute approximate surface area is 156 Å². The Bertz CT molecular complexity index is 601. The van der Waals surface area contributed by atoms with Crippen LogP contribution in [-0.2, 0) is 12.0 Å². The Morgan fingerprint density at radius 2 is 1.85 bits per heavy atom. The summed E-state index contributed by atoms with van der Waals surface area (Å²) in [7, 11) is 0. The summed E-state index contributed by atoms with van der Waals surface area (Å²) in [5.41, 5.74) is 5.53. The number of primary amides is 1. The molecular formula is C19H33N5O2. The number of piperidine rings is 1. The van der Waals surface area contributed by atoms with Crippen molar-refractivity contribution >= 4 is 6.03 Å². The van der Waals surface area contributed by atoms with Gasteiger partial charge in [0.2, 0.25) is 11.8 Å². The fraction of sp³-hybridized carbons (Fsp3) is 0.842. The van der Waals surface area contributed by atoms with Crippen molar-refractivity contribution in [3.05, 3.63) is 11.8 Å². The van der Waals surface area contributed by atoms with Gasteiger partial charge in [-0.05, 0) is 44.7 Å². The maximum Gasteiger partial charge on any atom is 0.315 e. The van der Waals surface area contributed by atoms with E-state index in [1.165, 1.54) is 12.8 Å². The number of rotatable bonds is 3. The number of aromatic nitrogens is 2. The lowest BCUT2D eigenvalue weighted by molar-refractivity contribution is 0.0969. The molecule has 0 aliphatic carbocycles. The van der Waals surface area contributed by atoms with Crippen molar-refractivity contribution in [3.63, 3.8) is 0 Å². The van der Waals surface area contributed by atoms with Crippen LogP contribution in [0.15, 0.2) is 4.42 Å². The number of nitrogens with zero attached hydrogens (tertiary/aromatic N) is 4. The van der Waals surface area contributed by atoms with E-state index in [2.05, 4.69) is 35.9 Å². The first kappa shape index (κ1) is 19.1. The Kier molecular flexibility index (Phi) is 5.85. The van der Waals surface area contributed by atoms with Crippen LogP contribution in [0, 0.1) is 5.92 Å². The summed E-state index contributed by atoms with van der Waals surface area (Å²) in [5, 5.41) is 8.39. The molecular weight excluding hydrogens is 330 g/mol. The number of carbonyl (C=O) groups excluding carboxylic acids is 1. The van der Waals surface area contributed by atoms with Crippen molar-refractivity contribution in [3.8, 4) is 0 Å². The molecule has 2 aliphatic rings. The van der Waals surface area contributed by atoms with Gasteiger partial charge >= 0.3 is 6.03 Å². The van der Waals surface area contributed by atoms with Gasteiger partial charge in [0.1, 0.15) is 0 Å². The summed E-state index contributed by atoms with van der Waals surface area (Å²) in [6.45, 7) is 9.76. The van der Waals surface area contributed by atoms with Gasteiger partial charge in [-0.2, -0.15) is 0 Å². The van der Waals surface area contributed by atoms with Crippen molar-refractivity contribution in [2.75, 3.05) is 19.6 Å². The molecule has 0 radical (unpaired) electrons. The molecule has 1 aromatic rings. The van der Waals surface area contributed by atoms with Crippen LogP contribution in [0.5, 0.6) is 0 Å². The fourth-order valence-electron chi connectivity index (χ4n) is 4.21. The number of nitrogens with two attached hydrogens (primary N) is 1. The van der Waals surface area contributed by atoms with E-state index in [-0.39, 0.29) is 11.4 Å². The Morgan fingerprint density at radius 1 is 1.12 bits per heavy atom. The van der Waals surface area contributed by atoms with Crippen LogP contribution in [0.2, 0.25) is 0 Å². The molecule has 1 aromatic heterocycles. The second-order valence-electron chi connectivity index (χ2n) is 8.81. The summed E-state index contributed by atoms with van der Waals surface area (Å²) in [4.78, 5) is 16.2. The van der Waals surface area contributed by atoms with E-state index >= 15 is 0 Å². The van der Waals surface area contributed by atoms with E-state index in [9.17, 15) is 4.79 Å². The summed E-state index contributed by atoms with van der Waals surface area (Å²) >= 11 is 0. The minimum atomic E-state index is -0.250. The maximum absolute atomic E-state index is 11.9. The zero-order chi connectivity index (χ0) is 18.7. The molecule has 1 atom stereocenters. The molecule has 0 spiro atoms. The molecule has 7 heteroatoms. The van der Waals surface area contributed by atoms with Crippen LogP contribution in [0.1, 0.15) is 71.1 Å². The molecule has 3 heterocycles. The zero-order valence-corrected chi connectivity index (χ0v) is 16.4. The smallest absolute Gasteiger partial charge is 0.315 e. The maximum atomic E-state index is 11.9. The number of carbonyl (C=O) groups is 1. The Morgan fingerprint density at radius 3 is 2.46 bits per heavy atom. The van der Waals surface area contributed by atoms with Gasteiger partial charge in [-0.15, -0.1) is 10.2 Å². The van der Waals surface area contributed by atoms with E-state index in [0.717, 1.165) is 45.3 Å². The van der Waals surface area contributed by atoms with Gasteiger partial charge in [0, 0.05) is 18.0 Å². The number of urea groups is 1. The second kappa shape index (κ2) is 7.94. The summed E-state index contributed by atoms with van der Waals surface area (Å²) in [6.07, 6.45) is 6.75. The third kappa shape index (κ3) is 4.55. The fourth-order valence-corrected chi connectivity index (χ4v) is 4.21. The van der Waals surface area contributed by atoms with Crippen LogP contribution in [-0.4, -0.2) is 51.7 Å². The third-order valence-electron chi connectivity index (χ3n) is 5.73. The minimum absolute atomic E-state index is 0.115. The average molecular weight is 364 g/mol. The molecule has 2 amide bonds. The molecule has 26 heavy (non-hydrogen) atoms. The highest BCUT2D eigenvalue weighted by Crippen LogP contribution is 2.30. The van der Waals surface area contributed by atoms with Gasteiger partial charge in [-0.25, -0.2) is 4.79 Å². The zero-order valence-electron chi connectivity index (χ0n) is 16.4. The molecule has 3 rings (SSSR count). The van der Waals surface area contributed by atoms with E-state index in [1.807, 2.05) is 4.90 Å². The molecule has 2 N–H and O–H groups in total. The minimum Gasteiger partial charge on any atom is -0.423 e. The highest BCUT2D eigenvalue weighted by atomic mass is 16.4. The van der Waals surface area contributed by atoms with E-state index < -0.39 is 0 Å². The average Bonchev–Trinajstić information content (AvgIpc) is 2.91. The van der Waals surface area contributed by atoms with Crippen molar-refractivity contribution in [2.45, 2.75) is 77.3 Å². The molecule has 2 fully saturated rings. The first-order valence-electron chi connectivity index (χ1n) is 9.96. The molecule has 146 valence electrons. The number of likely N-dealkylation sites (tertiary alicyclic amines) is 2. The molecule has 2 aliphatic heterocycles. The van der Waals surface area contributed by atoms with Crippen LogP contribution in [0.3, 0.4) is 0 Å². The van der Waals surface area contributed by atoms with Crippen molar-refractivity contribution in [1.29, 1.82) is 0 Å². The lowest BCUT2D eigenvalue weighted by Gasteiger charge is -2.39. The summed E-state index contributed by atoms with van der Waals surface area (Å²) in [6, 6.07) is 0.0629. The van der Waals surface area contributed by atoms with Crippen molar-refractivity contribution in [1.82, 2.24) is 20.0 Å².